The molecule has 1 heterocycles. The molecule has 0 bridgehead atoms. The van der Waals surface area contributed by atoms with Gasteiger partial charge in [0, 0.05) is 17.7 Å². The Morgan fingerprint density at radius 2 is 1.71 bits per heavy atom. The van der Waals surface area contributed by atoms with E-state index >= 15 is 0 Å². The third-order valence-corrected chi connectivity index (χ3v) is 6.97. The van der Waals surface area contributed by atoms with Crippen molar-refractivity contribution >= 4 is 96.2 Å². The van der Waals surface area contributed by atoms with E-state index in [1.807, 2.05) is 0 Å². The van der Waals surface area contributed by atoms with Gasteiger partial charge in [0.25, 0.3) is 0 Å². The van der Waals surface area contributed by atoms with Gasteiger partial charge in [-0.1, -0.05) is 28.4 Å². The van der Waals surface area contributed by atoms with Crippen molar-refractivity contribution in [2.75, 3.05) is 13.4 Å². The van der Waals surface area contributed by atoms with Crippen LogP contribution in [0.5, 0.6) is 5.75 Å². The predicted molar refractivity (Wildman–Crippen MR) is 134 cm³/mol. The van der Waals surface area contributed by atoms with E-state index in [1.54, 1.807) is 0 Å². The maximum atomic E-state index is 12.8. The summed E-state index contributed by atoms with van der Waals surface area (Å²) in [5.74, 6) is -1.40. The molecule has 0 radical (unpaired) electrons. The van der Waals surface area contributed by atoms with Gasteiger partial charge in [-0.25, -0.2) is 13.2 Å². The second kappa shape index (κ2) is 12.8. The summed E-state index contributed by atoms with van der Waals surface area (Å²) in [5.41, 5.74) is -1.48. The predicted octanol–water partition coefficient (Wildman–Crippen LogP) is 5.26. The van der Waals surface area contributed by atoms with Crippen molar-refractivity contribution in [1.29, 1.82) is 0 Å². The molecule has 0 atom stereocenters. The van der Waals surface area contributed by atoms with E-state index in [-0.39, 0.29) is 89.8 Å². The fourth-order valence-corrected chi connectivity index (χ4v) is 4.69. The molecule has 0 unspecified atom stereocenters. The van der Waals surface area contributed by atoms with Crippen LogP contribution in [-0.2, 0) is 16.0 Å². The average molecular weight is 620 g/mol. The molecule has 1 aromatic heterocycles. The Kier molecular flexibility index (Phi) is 11.0. The number of halogens is 5. The second-order valence-corrected chi connectivity index (χ2v) is 10.7. The average Bonchev–Trinajstić information content (AvgIpc) is 3.54. The number of aromatic nitrogens is 1. The molecule has 0 saturated heterocycles. The molecule has 1 aliphatic rings. The molecule has 1 N–H and O–H groups in total. The number of alkyl halides is 3. The number of methoxy groups -OCH3 is 1. The number of carboxylic acid groups (broad SMARTS) is 1. The van der Waals surface area contributed by atoms with E-state index < -0.39 is 38.2 Å². The van der Waals surface area contributed by atoms with Gasteiger partial charge >= 0.3 is 63.5 Å². The molecule has 1 fully saturated rings. The molecular weight excluding hydrogens is 601 g/mol. The first-order valence-corrected chi connectivity index (χ1v) is 13.0. The zero-order valence-electron chi connectivity index (χ0n) is 19.1. The summed E-state index contributed by atoms with van der Waals surface area (Å²) >= 11 is 11.4. The molecule has 15 heteroatoms. The normalized spacial score (nSPS) is 13.1. The van der Waals surface area contributed by atoms with E-state index in [4.69, 9.17) is 37.6 Å². The Labute approximate surface area is 267 Å². The van der Waals surface area contributed by atoms with E-state index in [0.29, 0.717) is 17.9 Å². The van der Waals surface area contributed by atoms with Crippen LogP contribution < -0.4 is 4.74 Å². The van der Waals surface area contributed by atoms with Crippen molar-refractivity contribution in [3.8, 4) is 5.75 Å². The first-order valence-electron chi connectivity index (χ1n) is 10.3. The molecule has 0 aliphatic heterocycles. The standard InChI is InChI=1S/C15H12F3NO4S.C8H6Cl2O3.K.H/c1-24(21,22)12-6-9(15(16,17)18)4-5-10(12)13(20)11-7-19-23-14(11)8-2-3-8;1-13-7-5(10)3-2-4(9)6(7)8(11)12;;/h4-8H,2-3H2,1H3;2-3H,1H3,(H,11,12);;. The molecule has 8 nitrogen and oxygen atoms in total. The van der Waals surface area contributed by atoms with Crippen molar-refractivity contribution in [3.05, 3.63) is 74.6 Å². The van der Waals surface area contributed by atoms with Gasteiger partial charge < -0.3 is 14.4 Å². The Morgan fingerprint density at radius 3 is 2.18 bits per heavy atom. The number of benzene rings is 2. The fraction of sp³-hybridized carbons (Fsp3) is 0.261. The van der Waals surface area contributed by atoms with Crippen molar-refractivity contribution in [2.24, 2.45) is 0 Å². The van der Waals surface area contributed by atoms with E-state index in [9.17, 15) is 31.2 Å². The molecule has 1 aliphatic carbocycles. The van der Waals surface area contributed by atoms with Gasteiger partial charge in [0.15, 0.2) is 27.1 Å². The van der Waals surface area contributed by atoms with Crippen molar-refractivity contribution in [3.63, 3.8) is 0 Å². The quantitative estimate of drug-likeness (QED) is 0.293. The molecule has 0 spiro atoms. The van der Waals surface area contributed by atoms with Crippen LogP contribution >= 0.6 is 23.2 Å². The molecule has 4 rings (SSSR count). The van der Waals surface area contributed by atoms with Gasteiger partial charge in [0.1, 0.15) is 5.56 Å². The summed E-state index contributed by atoms with van der Waals surface area (Å²) in [6, 6.07) is 4.94. The van der Waals surface area contributed by atoms with Gasteiger partial charge in [0.2, 0.25) is 0 Å². The molecule has 200 valence electrons. The number of nitrogens with zero attached hydrogens (tertiary/aromatic N) is 1. The van der Waals surface area contributed by atoms with Crippen LogP contribution in [0, 0.1) is 0 Å². The number of hydrogen-bond donors (Lipinski definition) is 1. The summed E-state index contributed by atoms with van der Waals surface area (Å²) in [4.78, 5) is 22.7. The number of carboxylic acids is 1. The van der Waals surface area contributed by atoms with Crippen molar-refractivity contribution < 1.29 is 45.5 Å². The zero-order valence-corrected chi connectivity index (χ0v) is 21.4. The van der Waals surface area contributed by atoms with Crippen LogP contribution in [-0.4, -0.2) is 95.2 Å². The van der Waals surface area contributed by atoms with Crippen molar-refractivity contribution in [2.45, 2.75) is 29.8 Å². The summed E-state index contributed by atoms with van der Waals surface area (Å²) < 4.78 is 72.1. The van der Waals surface area contributed by atoms with Crippen LogP contribution in [0.3, 0.4) is 0 Å². The van der Waals surface area contributed by atoms with E-state index in [1.165, 1.54) is 25.4 Å². The first-order chi connectivity index (χ1) is 17.2. The monoisotopic (exact) mass is 619 g/mol. The molecule has 38 heavy (non-hydrogen) atoms. The minimum absolute atomic E-state index is 0. The summed E-state index contributed by atoms with van der Waals surface area (Å²) in [7, 11) is -2.70. The Morgan fingerprint density at radius 1 is 1.11 bits per heavy atom. The van der Waals surface area contributed by atoms with Gasteiger partial charge in [-0.05, 0) is 43.2 Å². The number of aromatic carboxylic acids is 1. The second-order valence-electron chi connectivity index (χ2n) is 7.93. The third kappa shape index (κ3) is 7.59. The topological polar surface area (TPSA) is 124 Å². The fourth-order valence-electron chi connectivity index (χ4n) is 3.33. The molecule has 3 aromatic rings. The van der Waals surface area contributed by atoms with Gasteiger partial charge in [-0.2, -0.15) is 13.2 Å². The molecule has 1 saturated carbocycles. The van der Waals surface area contributed by atoms with Crippen molar-refractivity contribution in [1.82, 2.24) is 5.16 Å². The number of ether oxygens (including phenoxy) is 1. The van der Waals surface area contributed by atoms with Gasteiger partial charge in [0.05, 0.1) is 39.4 Å². The number of hydrogen-bond acceptors (Lipinski definition) is 7. The first kappa shape index (κ1) is 32.8. The molecule has 2 aromatic carbocycles. The van der Waals surface area contributed by atoms with Gasteiger partial charge in [-0.15, -0.1) is 0 Å². The number of sulfone groups is 1. The van der Waals surface area contributed by atoms with Crippen LogP contribution in [0.15, 0.2) is 45.9 Å². The van der Waals surface area contributed by atoms with Crippen LogP contribution in [0.25, 0.3) is 0 Å². The summed E-state index contributed by atoms with van der Waals surface area (Å²) in [5, 5.41) is 12.7. The van der Waals surface area contributed by atoms with Crippen LogP contribution in [0.2, 0.25) is 10.0 Å². The van der Waals surface area contributed by atoms with Gasteiger partial charge in [-0.3, -0.25) is 4.79 Å². The SMILES string of the molecule is COc1c(Cl)ccc(Cl)c1C(=O)O.CS(=O)(=O)c1cc(C(F)(F)F)ccc1C(=O)c1cnoc1C1CC1.[KH]. The van der Waals surface area contributed by atoms with E-state index in [0.717, 1.165) is 25.2 Å². The number of carbonyl (C=O) groups excluding carboxylic acids is 1. The molecule has 0 amide bonds. The number of carbonyl (C=O) groups is 2. The summed E-state index contributed by atoms with van der Waals surface area (Å²) in [6.45, 7) is 0. The number of rotatable bonds is 6. The molecular formula is C23H19Cl2F3KNO7S. The Hall–Kier alpha value is -1.45. The number of ketones is 1. The van der Waals surface area contributed by atoms with E-state index in [2.05, 4.69) is 5.16 Å². The minimum atomic E-state index is -4.71. The third-order valence-electron chi connectivity index (χ3n) is 5.22. The maximum absolute atomic E-state index is 12.8. The van der Waals surface area contributed by atoms with Crippen LogP contribution in [0.1, 0.15) is 56.4 Å². The Balaban J connectivity index is 0.000000309. The zero-order chi connectivity index (χ0) is 27.7. The van der Waals surface area contributed by atoms with Crippen LogP contribution in [0.4, 0.5) is 13.2 Å². The summed E-state index contributed by atoms with van der Waals surface area (Å²) in [6.07, 6.45) is -1.14. The Bertz CT molecular complexity index is 1470.